The highest BCUT2D eigenvalue weighted by molar-refractivity contribution is 5.89. The van der Waals surface area contributed by atoms with Crippen molar-refractivity contribution in [3.8, 4) is 11.8 Å². The van der Waals surface area contributed by atoms with E-state index < -0.39 is 0 Å². The molecule has 0 aliphatic carbocycles. The highest BCUT2D eigenvalue weighted by atomic mass is 16.5. The van der Waals surface area contributed by atoms with E-state index in [0.717, 1.165) is 5.56 Å². The summed E-state index contributed by atoms with van der Waals surface area (Å²) < 4.78 is 4.64. The molecule has 0 aliphatic heterocycles. The Kier molecular flexibility index (Phi) is 5.33. The number of hydrogen-bond donors (Lipinski definition) is 0. The summed E-state index contributed by atoms with van der Waals surface area (Å²) in [5.41, 5.74) is 1.41. The highest BCUT2D eigenvalue weighted by Gasteiger charge is 2.05. The van der Waals surface area contributed by atoms with Crippen LogP contribution >= 0.6 is 0 Å². The van der Waals surface area contributed by atoms with Crippen LogP contribution in [0.15, 0.2) is 54.6 Å². The normalized spacial score (nSPS) is 10.1. The molecule has 0 atom stereocenters. The largest absolute Gasteiger partial charge is 0.466 e. The zero-order chi connectivity index (χ0) is 12.5. The number of benzene rings is 1. The van der Waals surface area contributed by atoms with Crippen molar-refractivity contribution in [3.05, 3.63) is 60.2 Å². The molecule has 0 heterocycles. The first-order valence-corrected chi connectivity index (χ1v) is 5.22. The van der Waals surface area contributed by atoms with Crippen LogP contribution in [0.25, 0.3) is 0 Å². The molecule has 0 radical (unpaired) electrons. The number of allylic oxidation sites excluding steroid dienone is 2. The van der Waals surface area contributed by atoms with Gasteiger partial charge in [-0.3, -0.25) is 0 Å². The van der Waals surface area contributed by atoms with E-state index >= 15 is 0 Å². The molecule has 1 rings (SSSR count). The Morgan fingerprint density at radius 3 is 2.71 bits per heavy atom. The molecule has 0 bridgehead atoms. The van der Waals surface area contributed by atoms with Crippen LogP contribution in [-0.4, -0.2) is 13.1 Å². The number of carbonyl (C=O) groups excluding carboxylic acids is 1. The summed E-state index contributed by atoms with van der Waals surface area (Å²) in [5, 5.41) is 0. The van der Waals surface area contributed by atoms with Crippen molar-refractivity contribution < 1.29 is 9.53 Å². The monoisotopic (exact) mass is 226 g/mol. The van der Waals surface area contributed by atoms with Crippen molar-refractivity contribution in [2.45, 2.75) is 6.42 Å². The molecule has 0 saturated carbocycles. The SMILES string of the molecule is C=CCC(=CC#Cc1ccccc1)C(=O)OC. The first kappa shape index (κ1) is 12.8. The first-order valence-electron chi connectivity index (χ1n) is 5.22. The molecule has 0 N–H and O–H groups in total. The van der Waals surface area contributed by atoms with E-state index in [1.165, 1.54) is 7.11 Å². The maximum Gasteiger partial charge on any atom is 0.334 e. The lowest BCUT2D eigenvalue weighted by atomic mass is 10.1. The molecule has 17 heavy (non-hydrogen) atoms. The van der Waals surface area contributed by atoms with Crippen LogP contribution < -0.4 is 0 Å². The van der Waals surface area contributed by atoms with Crippen LogP contribution in [-0.2, 0) is 9.53 Å². The molecule has 0 amide bonds. The van der Waals surface area contributed by atoms with Crippen molar-refractivity contribution in [1.29, 1.82) is 0 Å². The lowest BCUT2D eigenvalue weighted by Crippen LogP contribution is -2.03. The van der Waals surface area contributed by atoms with Gasteiger partial charge in [0.05, 0.1) is 7.11 Å². The van der Waals surface area contributed by atoms with E-state index in [1.54, 1.807) is 12.2 Å². The van der Waals surface area contributed by atoms with Crippen molar-refractivity contribution in [2.24, 2.45) is 0 Å². The van der Waals surface area contributed by atoms with Crippen LogP contribution in [0.3, 0.4) is 0 Å². The van der Waals surface area contributed by atoms with Crippen molar-refractivity contribution in [3.63, 3.8) is 0 Å². The fourth-order valence-electron chi connectivity index (χ4n) is 1.22. The van der Waals surface area contributed by atoms with Gasteiger partial charge in [0.2, 0.25) is 0 Å². The summed E-state index contributed by atoms with van der Waals surface area (Å²) in [6.07, 6.45) is 3.67. The molecule has 0 saturated heterocycles. The number of esters is 1. The Hall–Kier alpha value is -2.27. The lowest BCUT2D eigenvalue weighted by molar-refractivity contribution is -0.136. The Morgan fingerprint density at radius 2 is 2.12 bits per heavy atom. The zero-order valence-corrected chi connectivity index (χ0v) is 9.77. The third kappa shape index (κ3) is 4.40. The third-order valence-electron chi connectivity index (χ3n) is 2.05. The Bertz CT molecular complexity index is 473. The van der Waals surface area contributed by atoms with E-state index in [9.17, 15) is 4.79 Å². The second-order valence-corrected chi connectivity index (χ2v) is 3.29. The predicted octanol–water partition coefficient (Wildman–Crippen LogP) is 2.71. The molecule has 0 aliphatic rings. The van der Waals surface area contributed by atoms with Gasteiger partial charge in [0, 0.05) is 11.1 Å². The molecule has 86 valence electrons. The molecule has 0 unspecified atom stereocenters. The summed E-state index contributed by atoms with van der Waals surface area (Å²) in [6.45, 7) is 3.59. The molecule has 1 aromatic rings. The minimum absolute atomic E-state index is 0.368. The number of methoxy groups -OCH3 is 1. The van der Waals surface area contributed by atoms with Crippen LogP contribution in [0.4, 0.5) is 0 Å². The fraction of sp³-hybridized carbons (Fsp3) is 0.133. The summed E-state index contributed by atoms with van der Waals surface area (Å²) in [6, 6.07) is 9.58. The topological polar surface area (TPSA) is 26.3 Å². The summed E-state index contributed by atoms with van der Waals surface area (Å²) in [4.78, 5) is 11.3. The van der Waals surface area contributed by atoms with Crippen LogP contribution in [0.1, 0.15) is 12.0 Å². The Labute approximate surface area is 102 Å². The predicted molar refractivity (Wildman–Crippen MR) is 68.2 cm³/mol. The smallest absolute Gasteiger partial charge is 0.334 e. The van der Waals surface area contributed by atoms with Crippen molar-refractivity contribution in [2.75, 3.05) is 7.11 Å². The van der Waals surface area contributed by atoms with Gasteiger partial charge in [-0.05, 0) is 24.6 Å². The maximum atomic E-state index is 11.3. The second kappa shape index (κ2) is 7.08. The van der Waals surface area contributed by atoms with Gasteiger partial charge in [-0.25, -0.2) is 4.79 Å². The van der Waals surface area contributed by atoms with Gasteiger partial charge in [-0.15, -0.1) is 6.58 Å². The van der Waals surface area contributed by atoms with E-state index in [0.29, 0.717) is 12.0 Å². The average Bonchev–Trinajstić information content (AvgIpc) is 2.38. The molecule has 0 fully saturated rings. The maximum absolute atomic E-state index is 11.3. The Morgan fingerprint density at radius 1 is 1.41 bits per heavy atom. The third-order valence-corrected chi connectivity index (χ3v) is 2.05. The molecular weight excluding hydrogens is 212 g/mol. The number of carbonyl (C=O) groups is 1. The van der Waals surface area contributed by atoms with E-state index in [4.69, 9.17) is 0 Å². The van der Waals surface area contributed by atoms with Crippen LogP contribution in [0, 0.1) is 11.8 Å². The zero-order valence-electron chi connectivity index (χ0n) is 9.77. The van der Waals surface area contributed by atoms with Gasteiger partial charge in [0.15, 0.2) is 0 Å². The second-order valence-electron chi connectivity index (χ2n) is 3.29. The first-order chi connectivity index (χ1) is 8.27. The lowest BCUT2D eigenvalue weighted by Gasteiger charge is -1.98. The quantitative estimate of drug-likeness (QED) is 0.343. The number of hydrogen-bond acceptors (Lipinski definition) is 2. The molecular formula is C15H14O2. The van der Waals surface area contributed by atoms with Gasteiger partial charge < -0.3 is 4.74 Å². The van der Waals surface area contributed by atoms with Crippen molar-refractivity contribution >= 4 is 5.97 Å². The van der Waals surface area contributed by atoms with Crippen LogP contribution in [0.2, 0.25) is 0 Å². The van der Waals surface area contributed by atoms with Crippen molar-refractivity contribution in [1.82, 2.24) is 0 Å². The van der Waals surface area contributed by atoms with Gasteiger partial charge in [0.1, 0.15) is 0 Å². The van der Waals surface area contributed by atoms with Crippen LogP contribution in [0.5, 0.6) is 0 Å². The van der Waals surface area contributed by atoms with Gasteiger partial charge >= 0.3 is 5.97 Å². The highest BCUT2D eigenvalue weighted by Crippen LogP contribution is 2.04. The van der Waals surface area contributed by atoms with E-state index in [-0.39, 0.29) is 5.97 Å². The number of rotatable bonds is 3. The summed E-state index contributed by atoms with van der Waals surface area (Å²) in [7, 11) is 1.35. The Balaban J connectivity index is 2.83. The average molecular weight is 226 g/mol. The van der Waals surface area contributed by atoms with Gasteiger partial charge in [-0.2, -0.15) is 0 Å². The fourth-order valence-corrected chi connectivity index (χ4v) is 1.22. The molecule has 0 aromatic heterocycles. The minimum Gasteiger partial charge on any atom is -0.466 e. The molecule has 2 nitrogen and oxygen atoms in total. The number of ether oxygens (including phenoxy) is 1. The molecule has 0 spiro atoms. The molecule has 2 heteroatoms. The summed E-state index contributed by atoms with van der Waals surface area (Å²) in [5.74, 6) is 5.42. The van der Waals surface area contributed by atoms with Gasteiger partial charge in [-0.1, -0.05) is 36.1 Å². The standard InChI is InChI=1S/C15H14O2/c1-3-8-14(15(16)17-2)12-7-11-13-9-5-4-6-10-13/h3-6,9-10,12H,1,8H2,2H3. The minimum atomic E-state index is -0.368. The van der Waals surface area contributed by atoms with E-state index in [1.807, 2.05) is 30.3 Å². The summed E-state index contributed by atoms with van der Waals surface area (Å²) >= 11 is 0. The van der Waals surface area contributed by atoms with Gasteiger partial charge in [0.25, 0.3) is 0 Å². The van der Waals surface area contributed by atoms with E-state index in [2.05, 4.69) is 23.2 Å². The molecule has 1 aromatic carbocycles.